The molecular formula is C21H23NO4. The lowest BCUT2D eigenvalue weighted by Crippen LogP contribution is -2.28. The molecule has 5 nitrogen and oxygen atoms in total. The Morgan fingerprint density at radius 2 is 2.08 bits per heavy atom. The topological polar surface area (TPSA) is 56.8 Å². The third kappa shape index (κ3) is 3.82. The second kappa shape index (κ2) is 7.95. The van der Waals surface area contributed by atoms with Crippen LogP contribution < -0.4 is 19.5 Å². The molecular weight excluding hydrogens is 330 g/mol. The second-order valence-corrected chi connectivity index (χ2v) is 6.05. The number of hydrogen-bond donors (Lipinski definition) is 1. The number of rotatable bonds is 6. The highest BCUT2D eigenvalue weighted by atomic mass is 16.5. The highest BCUT2D eigenvalue weighted by molar-refractivity contribution is 5.99. The first kappa shape index (κ1) is 17.9. The molecule has 0 aliphatic carbocycles. The number of carbonyl (C=O) groups excluding carboxylic acids is 1. The number of amides is 1. The van der Waals surface area contributed by atoms with Crippen molar-refractivity contribution in [3.63, 3.8) is 0 Å². The lowest BCUT2D eigenvalue weighted by molar-refractivity contribution is -0.117. The van der Waals surface area contributed by atoms with Gasteiger partial charge in [0, 0.05) is 12.1 Å². The number of ether oxygens (including phenoxy) is 3. The predicted octanol–water partition coefficient (Wildman–Crippen LogP) is 3.49. The molecule has 0 aromatic heterocycles. The quantitative estimate of drug-likeness (QED) is 0.864. The molecule has 5 heteroatoms. The van der Waals surface area contributed by atoms with Gasteiger partial charge < -0.3 is 19.5 Å². The molecule has 0 fully saturated rings. The molecule has 0 saturated heterocycles. The van der Waals surface area contributed by atoms with E-state index in [1.807, 2.05) is 56.3 Å². The van der Waals surface area contributed by atoms with Crippen LogP contribution in [0.15, 0.2) is 42.0 Å². The number of methoxy groups -OCH3 is 1. The van der Waals surface area contributed by atoms with Gasteiger partial charge in [0.2, 0.25) is 0 Å². The fourth-order valence-electron chi connectivity index (χ4n) is 2.85. The third-order valence-corrected chi connectivity index (χ3v) is 4.23. The van der Waals surface area contributed by atoms with E-state index in [0.29, 0.717) is 30.2 Å². The zero-order chi connectivity index (χ0) is 18.5. The summed E-state index contributed by atoms with van der Waals surface area (Å²) in [5, 5.41) is 2.94. The summed E-state index contributed by atoms with van der Waals surface area (Å²) in [5.74, 6) is 2.06. The summed E-state index contributed by atoms with van der Waals surface area (Å²) in [5.41, 5.74) is 3.49. The molecule has 0 radical (unpaired) electrons. The average Bonchev–Trinajstić information content (AvgIpc) is 2.67. The minimum Gasteiger partial charge on any atom is -0.496 e. The molecule has 1 heterocycles. The fraction of sp³-hybridized carbons (Fsp3) is 0.286. The summed E-state index contributed by atoms with van der Waals surface area (Å²) in [6, 6.07) is 11.6. The first-order valence-electron chi connectivity index (χ1n) is 8.63. The third-order valence-electron chi connectivity index (χ3n) is 4.23. The Balaban J connectivity index is 1.70. The summed E-state index contributed by atoms with van der Waals surface area (Å²) in [7, 11) is 1.64. The maximum Gasteiger partial charge on any atom is 0.250 e. The van der Waals surface area contributed by atoms with Gasteiger partial charge in [0.15, 0.2) is 11.5 Å². The Bertz CT molecular complexity index is 842. The maximum atomic E-state index is 12.5. The van der Waals surface area contributed by atoms with Crippen LogP contribution in [0.3, 0.4) is 0 Å². The van der Waals surface area contributed by atoms with E-state index >= 15 is 0 Å². The molecule has 136 valence electrons. The first-order valence-corrected chi connectivity index (χ1v) is 8.63. The van der Waals surface area contributed by atoms with Gasteiger partial charge in [0.25, 0.3) is 5.91 Å². The zero-order valence-electron chi connectivity index (χ0n) is 15.3. The highest BCUT2D eigenvalue weighted by Crippen LogP contribution is 2.35. The van der Waals surface area contributed by atoms with Gasteiger partial charge >= 0.3 is 0 Å². The van der Waals surface area contributed by atoms with Crippen LogP contribution in [0.4, 0.5) is 0 Å². The molecule has 0 bridgehead atoms. The van der Waals surface area contributed by atoms with Gasteiger partial charge in [-0.15, -0.1) is 0 Å². The number of aryl methyl sites for hydroxylation is 1. The van der Waals surface area contributed by atoms with Crippen LogP contribution in [0.25, 0.3) is 6.08 Å². The number of fused-ring (bicyclic) bond motifs is 1. The summed E-state index contributed by atoms with van der Waals surface area (Å²) in [6.07, 6.45) is 1.85. The standard InChI is InChI=1S/C21H23NO4/c1-4-25-18-7-5-6-16-11-17(13-26-20(16)18)21(23)22-12-15-9-8-14(2)19(10-15)24-3/h5-11H,4,12-13H2,1-3H3,(H,22,23). The van der Waals surface area contributed by atoms with Gasteiger partial charge in [-0.1, -0.05) is 24.3 Å². The minimum atomic E-state index is -0.142. The summed E-state index contributed by atoms with van der Waals surface area (Å²) in [4.78, 5) is 12.5. The van der Waals surface area contributed by atoms with Crippen molar-refractivity contribution in [2.75, 3.05) is 20.3 Å². The van der Waals surface area contributed by atoms with Crippen LogP contribution in [0, 0.1) is 6.92 Å². The molecule has 1 N–H and O–H groups in total. The Labute approximate surface area is 153 Å². The number of carbonyl (C=O) groups is 1. The first-order chi connectivity index (χ1) is 12.6. The van der Waals surface area contributed by atoms with Gasteiger partial charge in [0.1, 0.15) is 12.4 Å². The van der Waals surface area contributed by atoms with E-state index in [4.69, 9.17) is 14.2 Å². The lowest BCUT2D eigenvalue weighted by atomic mass is 10.1. The number of benzene rings is 2. The van der Waals surface area contributed by atoms with Crippen molar-refractivity contribution in [3.8, 4) is 17.2 Å². The van der Waals surface area contributed by atoms with Crippen molar-refractivity contribution in [1.82, 2.24) is 5.32 Å². The summed E-state index contributed by atoms with van der Waals surface area (Å²) in [6.45, 7) is 5.13. The Morgan fingerprint density at radius 3 is 2.85 bits per heavy atom. The van der Waals surface area contributed by atoms with Crippen LogP contribution >= 0.6 is 0 Å². The van der Waals surface area contributed by atoms with Gasteiger partial charge in [-0.05, 0) is 43.2 Å². The monoisotopic (exact) mass is 353 g/mol. The SMILES string of the molecule is CCOc1cccc2c1OCC(C(=O)NCc1ccc(C)c(OC)c1)=C2. The Morgan fingerprint density at radius 1 is 1.23 bits per heavy atom. The van der Waals surface area contributed by atoms with Gasteiger partial charge in [-0.3, -0.25) is 4.79 Å². The fourth-order valence-corrected chi connectivity index (χ4v) is 2.85. The molecule has 0 saturated carbocycles. The van der Waals surface area contributed by atoms with E-state index in [-0.39, 0.29) is 12.5 Å². The van der Waals surface area contributed by atoms with Crippen molar-refractivity contribution < 1.29 is 19.0 Å². The molecule has 26 heavy (non-hydrogen) atoms. The molecule has 1 aliphatic heterocycles. The normalized spacial score (nSPS) is 12.5. The van der Waals surface area contributed by atoms with Crippen molar-refractivity contribution in [2.24, 2.45) is 0 Å². The van der Waals surface area contributed by atoms with Crippen molar-refractivity contribution in [3.05, 3.63) is 58.7 Å². The predicted molar refractivity (Wildman–Crippen MR) is 101 cm³/mol. The lowest BCUT2D eigenvalue weighted by Gasteiger charge is -2.20. The molecule has 0 unspecified atom stereocenters. The van der Waals surface area contributed by atoms with Crippen LogP contribution in [-0.4, -0.2) is 26.2 Å². The Kier molecular flexibility index (Phi) is 5.46. The van der Waals surface area contributed by atoms with Gasteiger partial charge in [-0.25, -0.2) is 0 Å². The van der Waals surface area contributed by atoms with Crippen LogP contribution in [0.2, 0.25) is 0 Å². The average molecular weight is 353 g/mol. The van der Waals surface area contributed by atoms with Gasteiger partial charge in [0.05, 0.1) is 19.3 Å². The molecule has 1 aliphatic rings. The molecule has 3 rings (SSSR count). The minimum absolute atomic E-state index is 0.142. The van der Waals surface area contributed by atoms with E-state index < -0.39 is 0 Å². The molecule has 2 aromatic rings. The summed E-state index contributed by atoms with van der Waals surface area (Å²) < 4.78 is 16.7. The molecule has 1 amide bonds. The second-order valence-electron chi connectivity index (χ2n) is 6.05. The summed E-state index contributed by atoms with van der Waals surface area (Å²) >= 11 is 0. The zero-order valence-corrected chi connectivity index (χ0v) is 15.3. The number of hydrogen-bond acceptors (Lipinski definition) is 4. The molecule has 0 spiro atoms. The Hall–Kier alpha value is -2.95. The van der Waals surface area contributed by atoms with Crippen molar-refractivity contribution >= 4 is 12.0 Å². The molecule has 2 aromatic carbocycles. The van der Waals surface area contributed by atoms with Crippen molar-refractivity contribution in [2.45, 2.75) is 20.4 Å². The number of para-hydroxylation sites is 1. The number of nitrogens with one attached hydrogen (secondary N) is 1. The molecule has 0 atom stereocenters. The van der Waals surface area contributed by atoms with Crippen molar-refractivity contribution in [1.29, 1.82) is 0 Å². The van der Waals surface area contributed by atoms with E-state index in [9.17, 15) is 4.79 Å². The van der Waals surface area contributed by atoms with E-state index in [1.165, 1.54) is 0 Å². The van der Waals surface area contributed by atoms with E-state index in [0.717, 1.165) is 22.4 Å². The highest BCUT2D eigenvalue weighted by Gasteiger charge is 2.20. The van der Waals surface area contributed by atoms with E-state index in [1.54, 1.807) is 7.11 Å². The smallest absolute Gasteiger partial charge is 0.250 e. The van der Waals surface area contributed by atoms with Crippen LogP contribution in [0.1, 0.15) is 23.6 Å². The van der Waals surface area contributed by atoms with Crippen LogP contribution in [-0.2, 0) is 11.3 Å². The van der Waals surface area contributed by atoms with Crippen LogP contribution in [0.5, 0.6) is 17.2 Å². The largest absolute Gasteiger partial charge is 0.496 e. The maximum absolute atomic E-state index is 12.5. The van der Waals surface area contributed by atoms with E-state index in [2.05, 4.69) is 5.32 Å². The van der Waals surface area contributed by atoms with Gasteiger partial charge in [-0.2, -0.15) is 0 Å².